The first-order chi connectivity index (χ1) is 12.6. The molecule has 1 aromatic carbocycles. The molecule has 0 bridgehead atoms. The quantitative estimate of drug-likeness (QED) is 0.756. The Kier molecular flexibility index (Phi) is 5.09. The number of nitrogens with one attached hydrogen (secondary N) is 2. The molecule has 0 spiro atoms. The van der Waals surface area contributed by atoms with E-state index in [-0.39, 0.29) is 17.0 Å². The molecule has 1 unspecified atom stereocenters. The highest BCUT2D eigenvalue weighted by Gasteiger charge is 2.42. The summed E-state index contributed by atoms with van der Waals surface area (Å²) >= 11 is 0. The van der Waals surface area contributed by atoms with Crippen molar-refractivity contribution in [2.45, 2.75) is 38.1 Å². The summed E-state index contributed by atoms with van der Waals surface area (Å²) in [7, 11) is 0. The molecule has 1 aromatic heterocycles. The van der Waals surface area contributed by atoms with Crippen LogP contribution in [0.15, 0.2) is 24.5 Å². The number of halogens is 3. The Bertz CT molecular complexity index is 856. The van der Waals surface area contributed by atoms with Crippen molar-refractivity contribution in [3.63, 3.8) is 0 Å². The molecule has 9 heteroatoms. The van der Waals surface area contributed by atoms with Crippen molar-refractivity contribution < 1.29 is 23.1 Å². The van der Waals surface area contributed by atoms with Gasteiger partial charge in [0, 0.05) is 24.5 Å². The van der Waals surface area contributed by atoms with E-state index in [0.29, 0.717) is 18.5 Å². The van der Waals surface area contributed by atoms with Crippen molar-refractivity contribution in [3.8, 4) is 0 Å². The van der Waals surface area contributed by atoms with Gasteiger partial charge < -0.3 is 15.7 Å². The SMILES string of the molecule is CC(O)C(=O)N[C@]1(c2ccc(C(F)(F)F)c3nccnc23)CNC[C@@H](C)C1. The summed E-state index contributed by atoms with van der Waals surface area (Å²) < 4.78 is 40.1. The molecule has 0 radical (unpaired) electrons. The summed E-state index contributed by atoms with van der Waals surface area (Å²) in [6, 6.07) is 2.32. The smallest absolute Gasteiger partial charge is 0.384 e. The number of fused-ring (bicyclic) bond motifs is 1. The number of carbonyl (C=O) groups is 1. The van der Waals surface area contributed by atoms with Crippen LogP contribution >= 0.6 is 0 Å². The standard InChI is InChI=1S/C18H21F3N4O2/c1-10-7-17(9-22-8-10,25-16(27)11(2)26)12-3-4-13(18(19,20)21)15-14(12)23-5-6-24-15/h3-6,10-11,22,26H,7-9H2,1-2H3,(H,25,27)/t10-,11?,17-/m0/s1. The van der Waals surface area contributed by atoms with Crippen LogP contribution in [0.4, 0.5) is 13.2 Å². The molecule has 1 aliphatic heterocycles. The fourth-order valence-electron chi connectivity index (χ4n) is 3.65. The number of aliphatic hydroxyl groups excluding tert-OH is 1. The summed E-state index contributed by atoms with van der Waals surface area (Å²) in [6.45, 7) is 4.35. The molecule has 0 saturated carbocycles. The third kappa shape index (κ3) is 3.74. The fourth-order valence-corrected chi connectivity index (χ4v) is 3.65. The Hall–Kier alpha value is -2.26. The van der Waals surface area contributed by atoms with Gasteiger partial charge in [-0.1, -0.05) is 13.0 Å². The lowest BCUT2D eigenvalue weighted by Gasteiger charge is -2.42. The van der Waals surface area contributed by atoms with Gasteiger partial charge in [0.2, 0.25) is 5.91 Å². The third-order valence-corrected chi connectivity index (χ3v) is 4.80. The number of alkyl halides is 3. The van der Waals surface area contributed by atoms with Gasteiger partial charge in [-0.25, -0.2) is 0 Å². The number of rotatable bonds is 3. The van der Waals surface area contributed by atoms with Crippen LogP contribution in [-0.4, -0.2) is 40.2 Å². The van der Waals surface area contributed by atoms with E-state index in [0.717, 1.165) is 12.6 Å². The summed E-state index contributed by atoms with van der Waals surface area (Å²) in [5, 5.41) is 15.7. The maximum Gasteiger partial charge on any atom is 0.418 e. The van der Waals surface area contributed by atoms with Crippen molar-refractivity contribution >= 4 is 16.9 Å². The minimum absolute atomic E-state index is 0.0918. The molecule has 1 saturated heterocycles. The van der Waals surface area contributed by atoms with E-state index in [1.54, 1.807) is 0 Å². The monoisotopic (exact) mass is 382 g/mol. The van der Waals surface area contributed by atoms with Gasteiger partial charge >= 0.3 is 6.18 Å². The second kappa shape index (κ2) is 7.05. The van der Waals surface area contributed by atoms with Crippen LogP contribution in [0.25, 0.3) is 11.0 Å². The van der Waals surface area contributed by atoms with Crippen LogP contribution in [0.1, 0.15) is 31.4 Å². The molecule has 146 valence electrons. The minimum Gasteiger partial charge on any atom is -0.384 e. The van der Waals surface area contributed by atoms with Crippen LogP contribution in [0.3, 0.4) is 0 Å². The molecule has 3 atom stereocenters. The highest BCUT2D eigenvalue weighted by atomic mass is 19.4. The Morgan fingerprint density at radius 1 is 1.33 bits per heavy atom. The van der Waals surface area contributed by atoms with Crippen LogP contribution < -0.4 is 10.6 Å². The first-order valence-corrected chi connectivity index (χ1v) is 8.66. The molecule has 2 aromatic rings. The highest BCUT2D eigenvalue weighted by Crippen LogP contribution is 2.39. The Labute approximate surface area is 154 Å². The lowest BCUT2D eigenvalue weighted by atomic mass is 9.77. The Morgan fingerprint density at radius 3 is 2.59 bits per heavy atom. The van der Waals surface area contributed by atoms with Crippen molar-refractivity contribution in [2.75, 3.05) is 13.1 Å². The van der Waals surface area contributed by atoms with Gasteiger partial charge in [-0.3, -0.25) is 14.8 Å². The topological polar surface area (TPSA) is 87.1 Å². The molecular weight excluding hydrogens is 361 g/mol. The van der Waals surface area contributed by atoms with E-state index < -0.39 is 29.3 Å². The lowest BCUT2D eigenvalue weighted by Crippen LogP contribution is -2.58. The van der Waals surface area contributed by atoms with Crippen molar-refractivity contribution in [1.29, 1.82) is 0 Å². The summed E-state index contributed by atoms with van der Waals surface area (Å²) in [6.07, 6.45) is -2.78. The number of hydrogen-bond donors (Lipinski definition) is 3. The van der Waals surface area contributed by atoms with Crippen LogP contribution in [0.5, 0.6) is 0 Å². The van der Waals surface area contributed by atoms with Gasteiger partial charge in [-0.15, -0.1) is 0 Å². The second-order valence-electron chi connectivity index (χ2n) is 7.10. The van der Waals surface area contributed by atoms with Gasteiger partial charge in [0.15, 0.2) is 0 Å². The fraction of sp³-hybridized carbons (Fsp3) is 0.500. The number of benzene rings is 1. The van der Waals surface area contributed by atoms with Crippen LogP contribution in [0, 0.1) is 5.92 Å². The van der Waals surface area contributed by atoms with Crippen molar-refractivity contribution in [2.24, 2.45) is 5.92 Å². The number of hydrogen-bond acceptors (Lipinski definition) is 5. The van der Waals surface area contributed by atoms with E-state index in [4.69, 9.17) is 0 Å². The molecule has 1 amide bonds. The lowest BCUT2D eigenvalue weighted by molar-refractivity contribution is -0.136. The maximum absolute atomic E-state index is 13.4. The van der Waals surface area contributed by atoms with Crippen molar-refractivity contribution in [3.05, 3.63) is 35.7 Å². The zero-order chi connectivity index (χ0) is 19.8. The Morgan fingerprint density at radius 2 is 2.00 bits per heavy atom. The van der Waals surface area contributed by atoms with Gasteiger partial charge in [-0.05, 0) is 31.9 Å². The maximum atomic E-state index is 13.4. The average Bonchev–Trinajstić information content (AvgIpc) is 2.59. The van der Waals surface area contributed by atoms with Gasteiger partial charge in [0.05, 0.1) is 16.6 Å². The summed E-state index contributed by atoms with van der Waals surface area (Å²) in [5.74, 6) is -0.440. The summed E-state index contributed by atoms with van der Waals surface area (Å²) in [4.78, 5) is 20.3. The van der Waals surface area contributed by atoms with Gasteiger partial charge in [0.25, 0.3) is 0 Å². The highest BCUT2D eigenvalue weighted by molar-refractivity contribution is 5.85. The molecular formula is C18H21F3N4O2. The number of carbonyl (C=O) groups excluding carboxylic acids is 1. The molecule has 1 aliphatic rings. The average molecular weight is 382 g/mol. The van der Waals surface area contributed by atoms with Gasteiger partial charge in [0.1, 0.15) is 11.6 Å². The molecule has 3 N–H and O–H groups in total. The number of aromatic nitrogens is 2. The largest absolute Gasteiger partial charge is 0.418 e. The first-order valence-electron chi connectivity index (χ1n) is 8.66. The summed E-state index contributed by atoms with van der Waals surface area (Å²) in [5.41, 5.74) is -1.58. The first kappa shape index (κ1) is 19.5. The molecule has 6 nitrogen and oxygen atoms in total. The van der Waals surface area contributed by atoms with E-state index in [1.165, 1.54) is 25.4 Å². The normalized spacial score (nSPS) is 24.6. The Balaban J connectivity index is 2.21. The molecule has 1 fully saturated rings. The molecule has 2 heterocycles. The number of amides is 1. The predicted molar refractivity (Wildman–Crippen MR) is 92.7 cm³/mol. The van der Waals surface area contributed by atoms with E-state index >= 15 is 0 Å². The van der Waals surface area contributed by atoms with Gasteiger partial charge in [-0.2, -0.15) is 13.2 Å². The predicted octanol–water partition coefficient (Wildman–Crippen LogP) is 1.97. The third-order valence-electron chi connectivity index (χ3n) is 4.80. The second-order valence-corrected chi connectivity index (χ2v) is 7.10. The number of nitrogens with zero attached hydrogens (tertiary/aromatic N) is 2. The van der Waals surface area contributed by atoms with E-state index in [9.17, 15) is 23.1 Å². The number of piperidine rings is 1. The number of aliphatic hydroxyl groups is 1. The molecule has 3 rings (SSSR count). The van der Waals surface area contributed by atoms with Crippen LogP contribution in [-0.2, 0) is 16.5 Å². The zero-order valence-corrected chi connectivity index (χ0v) is 15.0. The molecule has 0 aliphatic carbocycles. The van der Waals surface area contributed by atoms with E-state index in [1.807, 2.05) is 6.92 Å². The van der Waals surface area contributed by atoms with Crippen molar-refractivity contribution in [1.82, 2.24) is 20.6 Å². The van der Waals surface area contributed by atoms with Crippen LogP contribution in [0.2, 0.25) is 0 Å². The minimum atomic E-state index is -4.57. The van der Waals surface area contributed by atoms with E-state index in [2.05, 4.69) is 20.6 Å². The molecule has 27 heavy (non-hydrogen) atoms. The zero-order valence-electron chi connectivity index (χ0n) is 15.0.